The Morgan fingerprint density at radius 2 is 1.79 bits per heavy atom. The number of rotatable bonds is 6. The topological polar surface area (TPSA) is 35.6 Å². The first-order valence-corrected chi connectivity index (χ1v) is 11.4. The van der Waals surface area contributed by atoms with Gasteiger partial charge in [-0.15, -0.1) is 0 Å². The van der Waals surface area contributed by atoms with Gasteiger partial charge in [0.25, 0.3) is 0 Å². The smallest absolute Gasteiger partial charge is 0.222 e. The summed E-state index contributed by atoms with van der Waals surface area (Å²) >= 11 is 12.5. The highest BCUT2D eigenvalue weighted by molar-refractivity contribution is 6.43. The predicted molar refractivity (Wildman–Crippen MR) is 118 cm³/mol. The highest BCUT2D eigenvalue weighted by atomic mass is 35.5. The number of benzene rings is 1. The summed E-state index contributed by atoms with van der Waals surface area (Å²) in [5.41, 5.74) is 1.05. The average molecular weight is 426 g/mol. The Bertz CT molecular complexity index is 651. The molecule has 1 saturated carbocycles. The summed E-state index contributed by atoms with van der Waals surface area (Å²) in [6, 6.07) is 6.25. The minimum absolute atomic E-state index is 0.0817. The zero-order valence-corrected chi connectivity index (χ0v) is 18.6. The number of hydrogen-bond acceptors (Lipinski definition) is 3. The maximum atomic E-state index is 11.9. The van der Waals surface area contributed by atoms with E-state index in [4.69, 9.17) is 23.2 Å². The summed E-state index contributed by atoms with van der Waals surface area (Å²) in [6.07, 6.45) is 6.00. The van der Waals surface area contributed by atoms with Gasteiger partial charge in [-0.05, 0) is 56.7 Å². The monoisotopic (exact) mass is 425 g/mol. The van der Waals surface area contributed by atoms with Crippen molar-refractivity contribution >= 4 is 34.8 Å². The molecule has 1 N–H and O–H groups in total. The molecule has 4 nitrogen and oxygen atoms in total. The summed E-state index contributed by atoms with van der Waals surface area (Å²) in [7, 11) is 0. The summed E-state index contributed by atoms with van der Waals surface area (Å²) in [5.74, 6) is 1.08. The SMILES string of the molecule is CC(C)C(=O)NC1CCC(CCN2CCN(c3cccc(Cl)c3Cl)CC2)CC1. The van der Waals surface area contributed by atoms with E-state index < -0.39 is 0 Å². The van der Waals surface area contributed by atoms with E-state index in [9.17, 15) is 4.79 Å². The van der Waals surface area contributed by atoms with E-state index in [0.717, 1.165) is 50.6 Å². The molecule has 1 aromatic rings. The lowest BCUT2D eigenvalue weighted by molar-refractivity contribution is -0.125. The van der Waals surface area contributed by atoms with Crippen LogP contribution in [0, 0.1) is 11.8 Å². The van der Waals surface area contributed by atoms with Crippen LogP contribution in [0.1, 0.15) is 46.0 Å². The van der Waals surface area contributed by atoms with Crippen molar-refractivity contribution in [2.75, 3.05) is 37.6 Å². The number of hydrogen-bond donors (Lipinski definition) is 1. The number of nitrogens with one attached hydrogen (secondary N) is 1. The summed E-state index contributed by atoms with van der Waals surface area (Å²) in [6.45, 7) is 9.22. The molecule has 0 aromatic heterocycles. The number of nitrogens with zero attached hydrogens (tertiary/aromatic N) is 2. The molecule has 2 aliphatic rings. The van der Waals surface area contributed by atoms with E-state index in [2.05, 4.69) is 21.2 Å². The van der Waals surface area contributed by atoms with Crippen LogP contribution in [0.2, 0.25) is 10.0 Å². The molecule has 3 rings (SSSR count). The second-order valence-corrected chi connectivity index (χ2v) is 9.36. The van der Waals surface area contributed by atoms with E-state index in [-0.39, 0.29) is 11.8 Å². The summed E-state index contributed by atoms with van der Waals surface area (Å²) in [5, 5.41) is 4.49. The lowest BCUT2D eigenvalue weighted by Gasteiger charge is -2.37. The van der Waals surface area contributed by atoms with Gasteiger partial charge in [-0.3, -0.25) is 9.69 Å². The second-order valence-electron chi connectivity index (χ2n) is 8.57. The van der Waals surface area contributed by atoms with Crippen LogP contribution in [0.4, 0.5) is 5.69 Å². The van der Waals surface area contributed by atoms with E-state index in [1.807, 2.05) is 26.0 Å². The van der Waals surface area contributed by atoms with Crippen LogP contribution < -0.4 is 10.2 Å². The van der Waals surface area contributed by atoms with Gasteiger partial charge in [0.1, 0.15) is 0 Å². The van der Waals surface area contributed by atoms with Crippen molar-refractivity contribution in [1.82, 2.24) is 10.2 Å². The van der Waals surface area contributed by atoms with E-state index in [0.29, 0.717) is 16.1 Å². The van der Waals surface area contributed by atoms with Crippen LogP contribution >= 0.6 is 23.2 Å². The normalized spacial score (nSPS) is 23.8. The van der Waals surface area contributed by atoms with Gasteiger partial charge in [0.05, 0.1) is 15.7 Å². The third-order valence-corrected chi connectivity index (χ3v) is 7.02. The lowest BCUT2D eigenvalue weighted by Crippen LogP contribution is -2.47. The minimum Gasteiger partial charge on any atom is -0.368 e. The Morgan fingerprint density at radius 3 is 2.43 bits per heavy atom. The molecule has 0 radical (unpaired) electrons. The molecule has 6 heteroatoms. The summed E-state index contributed by atoms with van der Waals surface area (Å²) in [4.78, 5) is 16.8. The van der Waals surface area contributed by atoms with Gasteiger partial charge in [-0.1, -0.05) is 43.1 Å². The quantitative estimate of drug-likeness (QED) is 0.707. The molecule has 1 heterocycles. The second kappa shape index (κ2) is 10.2. The molecule has 1 aromatic carbocycles. The molecule has 1 aliphatic carbocycles. The summed E-state index contributed by atoms with van der Waals surface area (Å²) < 4.78 is 0. The van der Waals surface area contributed by atoms with Crippen LogP contribution in [0.15, 0.2) is 18.2 Å². The first-order chi connectivity index (χ1) is 13.4. The van der Waals surface area contributed by atoms with E-state index >= 15 is 0 Å². The molecule has 0 atom stereocenters. The zero-order chi connectivity index (χ0) is 20.1. The first-order valence-electron chi connectivity index (χ1n) is 10.7. The number of halogens is 2. The lowest BCUT2D eigenvalue weighted by atomic mass is 9.84. The van der Waals surface area contributed by atoms with Gasteiger partial charge in [0.2, 0.25) is 5.91 Å². The number of carbonyl (C=O) groups is 1. The fraction of sp³-hybridized carbons (Fsp3) is 0.682. The average Bonchev–Trinajstić information content (AvgIpc) is 2.70. The fourth-order valence-corrected chi connectivity index (χ4v) is 4.69. The Balaban J connectivity index is 1.36. The van der Waals surface area contributed by atoms with Crippen LogP contribution in [0.5, 0.6) is 0 Å². The van der Waals surface area contributed by atoms with Gasteiger partial charge in [-0.25, -0.2) is 0 Å². The molecule has 2 fully saturated rings. The molecular formula is C22H33Cl2N3O. The number of amides is 1. The van der Waals surface area contributed by atoms with Crippen LogP contribution in [0.25, 0.3) is 0 Å². The van der Waals surface area contributed by atoms with Gasteiger partial charge in [0, 0.05) is 38.1 Å². The van der Waals surface area contributed by atoms with Gasteiger partial charge < -0.3 is 10.2 Å². The third-order valence-electron chi connectivity index (χ3n) is 6.22. The van der Waals surface area contributed by atoms with E-state index in [1.54, 1.807) is 0 Å². The van der Waals surface area contributed by atoms with Crippen LogP contribution in [-0.2, 0) is 4.79 Å². The van der Waals surface area contributed by atoms with Crippen molar-refractivity contribution < 1.29 is 4.79 Å². The van der Waals surface area contributed by atoms with Crippen molar-refractivity contribution in [2.45, 2.75) is 52.0 Å². The first kappa shape index (κ1) is 21.7. The van der Waals surface area contributed by atoms with Crippen molar-refractivity contribution in [1.29, 1.82) is 0 Å². The number of piperazine rings is 1. The third kappa shape index (κ3) is 5.77. The molecule has 156 valence electrons. The number of carbonyl (C=O) groups excluding carboxylic acids is 1. The maximum Gasteiger partial charge on any atom is 0.222 e. The molecule has 28 heavy (non-hydrogen) atoms. The Hall–Kier alpha value is -0.970. The Labute approximate surface area is 179 Å². The van der Waals surface area contributed by atoms with Crippen molar-refractivity contribution in [3.8, 4) is 0 Å². The molecular weight excluding hydrogens is 393 g/mol. The van der Waals surface area contributed by atoms with Crippen molar-refractivity contribution in [2.24, 2.45) is 11.8 Å². The van der Waals surface area contributed by atoms with Crippen molar-refractivity contribution in [3.05, 3.63) is 28.2 Å². The predicted octanol–water partition coefficient (Wildman–Crippen LogP) is 4.84. The Kier molecular flexibility index (Phi) is 7.90. The molecule has 1 saturated heterocycles. The molecule has 1 aliphatic heterocycles. The number of anilines is 1. The molecule has 0 unspecified atom stereocenters. The van der Waals surface area contributed by atoms with Crippen molar-refractivity contribution in [3.63, 3.8) is 0 Å². The van der Waals surface area contributed by atoms with E-state index in [1.165, 1.54) is 25.8 Å². The van der Waals surface area contributed by atoms with Crippen LogP contribution in [-0.4, -0.2) is 49.6 Å². The minimum atomic E-state index is 0.0817. The highest BCUT2D eigenvalue weighted by Gasteiger charge is 2.25. The standard InChI is InChI=1S/C22H33Cl2N3O/c1-16(2)22(28)25-18-8-6-17(7-9-18)10-11-26-12-14-27(15-13-26)20-5-3-4-19(23)21(20)24/h3-5,16-18H,6-15H2,1-2H3,(H,25,28). The zero-order valence-electron chi connectivity index (χ0n) is 17.1. The fourth-order valence-electron chi connectivity index (χ4n) is 4.28. The Morgan fingerprint density at radius 1 is 1.11 bits per heavy atom. The molecule has 0 bridgehead atoms. The maximum absolute atomic E-state index is 11.9. The van der Waals surface area contributed by atoms with Crippen LogP contribution in [0.3, 0.4) is 0 Å². The van der Waals surface area contributed by atoms with Gasteiger partial charge in [0.15, 0.2) is 0 Å². The van der Waals surface area contributed by atoms with Gasteiger partial charge in [-0.2, -0.15) is 0 Å². The largest absolute Gasteiger partial charge is 0.368 e. The molecule has 0 spiro atoms. The highest BCUT2D eigenvalue weighted by Crippen LogP contribution is 2.33. The van der Waals surface area contributed by atoms with Gasteiger partial charge >= 0.3 is 0 Å². The molecule has 1 amide bonds.